The van der Waals surface area contributed by atoms with Crippen LogP contribution >= 0.6 is 23.2 Å². The molecule has 1 heterocycles. The van der Waals surface area contributed by atoms with Gasteiger partial charge >= 0.3 is 0 Å². The monoisotopic (exact) mass is 319 g/mol. The van der Waals surface area contributed by atoms with Crippen molar-refractivity contribution in [3.63, 3.8) is 0 Å². The first-order valence-corrected chi connectivity index (χ1v) is 6.60. The third-order valence-electron chi connectivity index (χ3n) is 2.37. The Balaban J connectivity index is 2.58. The first-order chi connectivity index (χ1) is 9.43. The number of hydrogen-bond donors (Lipinski definition) is 2. The van der Waals surface area contributed by atoms with E-state index in [1.54, 1.807) is 6.92 Å². The Labute approximate surface area is 126 Å². The molecule has 1 rings (SSSR count). The van der Waals surface area contributed by atoms with Crippen LogP contribution in [-0.4, -0.2) is 43.1 Å². The fraction of sp³-hybridized carbons (Fsp3) is 0.417. The van der Waals surface area contributed by atoms with E-state index in [9.17, 15) is 9.59 Å². The maximum atomic E-state index is 11.9. The highest BCUT2D eigenvalue weighted by molar-refractivity contribution is 6.33. The van der Waals surface area contributed by atoms with Gasteiger partial charge in [-0.25, -0.2) is 4.98 Å². The van der Waals surface area contributed by atoms with Crippen molar-refractivity contribution in [1.29, 1.82) is 0 Å². The molecule has 0 bridgehead atoms. The molecule has 0 aromatic carbocycles. The number of carbonyl (C=O) groups is 2. The van der Waals surface area contributed by atoms with Gasteiger partial charge in [-0.15, -0.1) is 0 Å². The number of nitrogens with one attached hydrogen (secondary N) is 2. The third kappa shape index (κ3) is 5.32. The predicted octanol–water partition coefficient (Wildman–Crippen LogP) is 1.27. The van der Waals surface area contributed by atoms with E-state index in [4.69, 9.17) is 27.9 Å². The summed E-state index contributed by atoms with van der Waals surface area (Å²) in [7, 11) is 1.54. The molecule has 0 saturated heterocycles. The minimum Gasteiger partial charge on any atom is -0.383 e. The Morgan fingerprint density at radius 1 is 1.35 bits per heavy atom. The molecule has 0 radical (unpaired) electrons. The number of aromatic nitrogens is 1. The number of amides is 2. The molecule has 0 spiro atoms. The highest BCUT2D eigenvalue weighted by Crippen LogP contribution is 2.14. The zero-order chi connectivity index (χ0) is 15.1. The molecule has 1 atom stereocenters. The Hall–Kier alpha value is -1.37. The van der Waals surface area contributed by atoms with Gasteiger partial charge in [0.1, 0.15) is 16.3 Å². The Kier molecular flexibility index (Phi) is 6.70. The van der Waals surface area contributed by atoms with E-state index in [-0.39, 0.29) is 21.8 Å². The highest BCUT2D eigenvalue weighted by atomic mass is 35.5. The van der Waals surface area contributed by atoms with Crippen molar-refractivity contribution in [3.8, 4) is 0 Å². The average Bonchev–Trinajstić information content (AvgIpc) is 2.37. The molecular formula is C12H15Cl2N3O3. The second-order valence-corrected chi connectivity index (χ2v) is 4.75. The van der Waals surface area contributed by atoms with E-state index >= 15 is 0 Å². The van der Waals surface area contributed by atoms with E-state index in [0.29, 0.717) is 13.2 Å². The summed E-state index contributed by atoms with van der Waals surface area (Å²) in [4.78, 5) is 27.3. The fourth-order valence-electron chi connectivity index (χ4n) is 1.37. The summed E-state index contributed by atoms with van der Waals surface area (Å²) in [5, 5.41) is 5.38. The number of methoxy groups -OCH3 is 1. The molecule has 0 aliphatic carbocycles. The summed E-state index contributed by atoms with van der Waals surface area (Å²) in [5.41, 5.74) is 0.242. The van der Waals surface area contributed by atoms with Gasteiger partial charge in [0.05, 0.1) is 6.61 Å². The standard InChI is InChI=1S/C12H15Cl2N3O3/c1-7(11(18)15-3-4-20-2)16-12(19)8-5-9(13)17-10(14)6-8/h5-7H,3-4H2,1-2H3,(H,15,18)(H,16,19). The van der Waals surface area contributed by atoms with Crippen LogP contribution in [0.15, 0.2) is 12.1 Å². The van der Waals surface area contributed by atoms with Crippen molar-refractivity contribution in [1.82, 2.24) is 15.6 Å². The largest absolute Gasteiger partial charge is 0.383 e. The van der Waals surface area contributed by atoms with Gasteiger partial charge in [-0.05, 0) is 19.1 Å². The lowest BCUT2D eigenvalue weighted by Gasteiger charge is -2.14. The van der Waals surface area contributed by atoms with E-state index < -0.39 is 11.9 Å². The predicted molar refractivity (Wildman–Crippen MR) is 76.1 cm³/mol. The first-order valence-electron chi connectivity index (χ1n) is 5.84. The number of hydrogen-bond acceptors (Lipinski definition) is 4. The number of ether oxygens (including phenoxy) is 1. The van der Waals surface area contributed by atoms with Crippen LogP contribution in [-0.2, 0) is 9.53 Å². The van der Waals surface area contributed by atoms with Gasteiger partial charge in [-0.1, -0.05) is 23.2 Å². The summed E-state index contributed by atoms with van der Waals surface area (Å²) in [5.74, 6) is -0.757. The number of pyridine rings is 1. The highest BCUT2D eigenvalue weighted by Gasteiger charge is 2.17. The van der Waals surface area contributed by atoms with Gasteiger partial charge in [0, 0.05) is 19.2 Å². The third-order valence-corrected chi connectivity index (χ3v) is 2.76. The van der Waals surface area contributed by atoms with Crippen molar-refractivity contribution in [3.05, 3.63) is 28.0 Å². The van der Waals surface area contributed by atoms with Crippen LogP contribution in [0.2, 0.25) is 10.3 Å². The van der Waals surface area contributed by atoms with Crippen LogP contribution in [0.4, 0.5) is 0 Å². The Bertz CT molecular complexity index is 477. The lowest BCUT2D eigenvalue weighted by molar-refractivity contribution is -0.122. The SMILES string of the molecule is COCCNC(=O)C(C)NC(=O)c1cc(Cl)nc(Cl)c1. The van der Waals surface area contributed by atoms with Gasteiger partial charge in [0.2, 0.25) is 5.91 Å². The van der Waals surface area contributed by atoms with Crippen molar-refractivity contribution < 1.29 is 14.3 Å². The van der Waals surface area contributed by atoms with Gasteiger partial charge in [-0.3, -0.25) is 9.59 Å². The van der Waals surface area contributed by atoms with Crippen LogP contribution in [0.3, 0.4) is 0 Å². The fourth-order valence-corrected chi connectivity index (χ4v) is 1.83. The molecular weight excluding hydrogens is 305 g/mol. The minimum atomic E-state index is -0.690. The molecule has 2 amide bonds. The number of rotatable bonds is 6. The lowest BCUT2D eigenvalue weighted by atomic mass is 10.2. The molecule has 1 aromatic rings. The van der Waals surface area contributed by atoms with Gasteiger partial charge in [0.15, 0.2) is 0 Å². The summed E-state index contributed by atoms with van der Waals surface area (Å²) in [6.45, 7) is 2.36. The number of halogens is 2. The molecule has 0 fully saturated rings. The molecule has 1 aromatic heterocycles. The van der Waals surface area contributed by atoms with Crippen LogP contribution in [0.1, 0.15) is 17.3 Å². The summed E-state index contributed by atoms with van der Waals surface area (Å²) in [6, 6.07) is 2.06. The topological polar surface area (TPSA) is 80.3 Å². The smallest absolute Gasteiger partial charge is 0.252 e. The van der Waals surface area contributed by atoms with Crippen molar-refractivity contribution in [2.45, 2.75) is 13.0 Å². The van der Waals surface area contributed by atoms with Crippen molar-refractivity contribution >= 4 is 35.0 Å². The van der Waals surface area contributed by atoms with Crippen LogP contribution in [0.5, 0.6) is 0 Å². The number of carbonyl (C=O) groups excluding carboxylic acids is 2. The summed E-state index contributed by atoms with van der Waals surface area (Å²) in [6.07, 6.45) is 0. The molecule has 20 heavy (non-hydrogen) atoms. The Morgan fingerprint density at radius 2 is 1.95 bits per heavy atom. The minimum absolute atomic E-state index is 0.111. The zero-order valence-corrected chi connectivity index (χ0v) is 12.6. The van der Waals surface area contributed by atoms with Gasteiger partial charge < -0.3 is 15.4 Å². The maximum absolute atomic E-state index is 11.9. The molecule has 6 nitrogen and oxygen atoms in total. The van der Waals surface area contributed by atoms with Crippen LogP contribution in [0, 0.1) is 0 Å². The van der Waals surface area contributed by atoms with Gasteiger partial charge in [-0.2, -0.15) is 0 Å². The van der Waals surface area contributed by atoms with E-state index in [1.165, 1.54) is 19.2 Å². The van der Waals surface area contributed by atoms with E-state index in [0.717, 1.165) is 0 Å². The molecule has 2 N–H and O–H groups in total. The first kappa shape index (κ1) is 16.7. The average molecular weight is 320 g/mol. The molecule has 8 heteroatoms. The van der Waals surface area contributed by atoms with Crippen LogP contribution in [0.25, 0.3) is 0 Å². The maximum Gasteiger partial charge on any atom is 0.252 e. The molecule has 110 valence electrons. The quantitative estimate of drug-likeness (QED) is 0.611. The van der Waals surface area contributed by atoms with E-state index in [2.05, 4.69) is 15.6 Å². The number of nitrogens with zero attached hydrogens (tertiary/aromatic N) is 1. The molecule has 0 aliphatic heterocycles. The van der Waals surface area contributed by atoms with E-state index in [1.807, 2.05) is 0 Å². The Morgan fingerprint density at radius 3 is 2.50 bits per heavy atom. The van der Waals surface area contributed by atoms with Gasteiger partial charge in [0.25, 0.3) is 5.91 Å². The molecule has 0 aliphatic rings. The van der Waals surface area contributed by atoms with Crippen molar-refractivity contribution in [2.75, 3.05) is 20.3 Å². The molecule has 1 unspecified atom stereocenters. The van der Waals surface area contributed by atoms with Crippen LogP contribution < -0.4 is 10.6 Å². The normalized spacial score (nSPS) is 11.8. The van der Waals surface area contributed by atoms with Crippen molar-refractivity contribution in [2.24, 2.45) is 0 Å². The zero-order valence-electron chi connectivity index (χ0n) is 11.1. The lowest BCUT2D eigenvalue weighted by Crippen LogP contribution is -2.45. The second-order valence-electron chi connectivity index (χ2n) is 3.98. The summed E-state index contributed by atoms with van der Waals surface area (Å²) < 4.78 is 4.81. The second kappa shape index (κ2) is 8.04. The molecule has 0 saturated carbocycles. The summed E-state index contributed by atoms with van der Waals surface area (Å²) >= 11 is 11.4.